The van der Waals surface area contributed by atoms with Crippen molar-refractivity contribution in [3.05, 3.63) is 82.4 Å². The second-order valence-corrected chi connectivity index (χ2v) is 9.63. The molecule has 0 heterocycles. The maximum absolute atomic E-state index is 11.8. The number of benzene rings is 2. The number of hydrogen-bond donors (Lipinski definition) is 0. The summed E-state index contributed by atoms with van der Waals surface area (Å²) in [6, 6.07) is 12.8. The molecule has 1 aliphatic carbocycles. The standard InChI is InChI=1S/C28H34O2/c1-8-30-26(29)14-13-21-11-9-10-12-22(21)20(3)23-18-25-24(17-19(23)2)27(4,5)15-16-28(25,6)7/h9-14,17-18H,3,8,15-16H2,1-2,4-7H3. The van der Waals surface area contributed by atoms with Crippen LogP contribution in [-0.4, -0.2) is 12.6 Å². The lowest BCUT2D eigenvalue weighted by atomic mass is 9.62. The van der Waals surface area contributed by atoms with Crippen molar-refractivity contribution >= 4 is 17.6 Å². The molecule has 0 spiro atoms. The quantitative estimate of drug-likeness (QED) is 0.398. The smallest absolute Gasteiger partial charge is 0.330 e. The van der Waals surface area contributed by atoms with Crippen molar-refractivity contribution in [1.82, 2.24) is 0 Å². The molecule has 2 aromatic rings. The third-order valence-corrected chi connectivity index (χ3v) is 6.49. The lowest BCUT2D eigenvalue weighted by Crippen LogP contribution is -2.34. The fraction of sp³-hybridized carbons (Fsp3) is 0.393. The Balaban J connectivity index is 2.06. The van der Waals surface area contributed by atoms with Crippen LogP contribution in [0.4, 0.5) is 0 Å². The van der Waals surface area contributed by atoms with E-state index in [9.17, 15) is 4.79 Å². The number of carbonyl (C=O) groups excluding carboxylic acids is 1. The van der Waals surface area contributed by atoms with Gasteiger partial charge >= 0.3 is 5.97 Å². The molecule has 0 aromatic heterocycles. The van der Waals surface area contributed by atoms with E-state index in [1.165, 1.54) is 41.2 Å². The Bertz CT molecular complexity index is 1010. The molecule has 0 unspecified atom stereocenters. The predicted molar refractivity (Wildman–Crippen MR) is 127 cm³/mol. The highest BCUT2D eigenvalue weighted by molar-refractivity contribution is 5.90. The van der Waals surface area contributed by atoms with Crippen LogP contribution in [0, 0.1) is 6.92 Å². The van der Waals surface area contributed by atoms with Crippen LogP contribution in [0.5, 0.6) is 0 Å². The Morgan fingerprint density at radius 1 is 1.03 bits per heavy atom. The van der Waals surface area contributed by atoms with Gasteiger partial charge in [-0.05, 0) is 82.5 Å². The molecule has 0 atom stereocenters. The summed E-state index contributed by atoms with van der Waals surface area (Å²) >= 11 is 0. The second-order valence-electron chi connectivity index (χ2n) is 9.63. The van der Waals surface area contributed by atoms with Crippen molar-refractivity contribution in [2.24, 2.45) is 0 Å². The molecule has 30 heavy (non-hydrogen) atoms. The first-order chi connectivity index (χ1) is 14.1. The second kappa shape index (κ2) is 8.26. The zero-order valence-electron chi connectivity index (χ0n) is 19.3. The van der Waals surface area contributed by atoms with Gasteiger partial charge in [0.1, 0.15) is 0 Å². The van der Waals surface area contributed by atoms with Gasteiger partial charge in [-0.3, -0.25) is 0 Å². The number of fused-ring (bicyclic) bond motifs is 1. The van der Waals surface area contributed by atoms with E-state index in [2.05, 4.69) is 59.4 Å². The summed E-state index contributed by atoms with van der Waals surface area (Å²) in [7, 11) is 0. The highest BCUT2D eigenvalue weighted by Crippen LogP contribution is 2.47. The molecule has 0 saturated carbocycles. The maximum atomic E-state index is 11.8. The van der Waals surface area contributed by atoms with Crippen LogP contribution in [0.25, 0.3) is 11.6 Å². The fourth-order valence-electron chi connectivity index (χ4n) is 4.46. The molecule has 2 aromatic carbocycles. The van der Waals surface area contributed by atoms with E-state index in [1.54, 1.807) is 0 Å². The summed E-state index contributed by atoms with van der Waals surface area (Å²) in [5, 5.41) is 0. The van der Waals surface area contributed by atoms with Gasteiger partial charge in [0, 0.05) is 6.08 Å². The maximum Gasteiger partial charge on any atom is 0.330 e. The summed E-state index contributed by atoms with van der Waals surface area (Å²) < 4.78 is 5.02. The van der Waals surface area contributed by atoms with E-state index < -0.39 is 0 Å². The van der Waals surface area contributed by atoms with Gasteiger partial charge in [0.2, 0.25) is 0 Å². The van der Waals surface area contributed by atoms with Crippen molar-refractivity contribution in [3.8, 4) is 0 Å². The van der Waals surface area contributed by atoms with Gasteiger partial charge in [0.25, 0.3) is 0 Å². The lowest BCUT2D eigenvalue weighted by molar-refractivity contribution is -0.137. The molecule has 1 aliphatic rings. The predicted octanol–water partition coefficient (Wildman–Crippen LogP) is 6.98. The number of rotatable bonds is 5. The fourth-order valence-corrected chi connectivity index (χ4v) is 4.46. The lowest BCUT2D eigenvalue weighted by Gasteiger charge is -2.42. The largest absolute Gasteiger partial charge is 0.463 e. The van der Waals surface area contributed by atoms with E-state index in [0.29, 0.717) is 6.61 Å². The van der Waals surface area contributed by atoms with Crippen molar-refractivity contribution in [3.63, 3.8) is 0 Å². The Hall–Kier alpha value is -2.61. The van der Waals surface area contributed by atoms with Crippen LogP contribution in [0.2, 0.25) is 0 Å². The third kappa shape index (κ3) is 4.28. The van der Waals surface area contributed by atoms with Crippen LogP contribution in [0.3, 0.4) is 0 Å². The normalized spacial score (nSPS) is 16.9. The Morgan fingerprint density at radius 3 is 2.27 bits per heavy atom. The van der Waals surface area contributed by atoms with Crippen molar-refractivity contribution < 1.29 is 9.53 Å². The summed E-state index contributed by atoms with van der Waals surface area (Å²) in [6.45, 7) is 18.2. The topological polar surface area (TPSA) is 26.3 Å². The third-order valence-electron chi connectivity index (χ3n) is 6.49. The summed E-state index contributed by atoms with van der Waals surface area (Å²) in [4.78, 5) is 11.8. The van der Waals surface area contributed by atoms with Crippen molar-refractivity contribution in [2.75, 3.05) is 6.61 Å². The minimum absolute atomic E-state index is 0.150. The first-order valence-corrected chi connectivity index (χ1v) is 10.9. The monoisotopic (exact) mass is 402 g/mol. The number of esters is 1. The van der Waals surface area contributed by atoms with E-state index in [0.717, 1.165) is 16.7 Å². The van der Waals surface area contributed by atoms with Gasteiger partial charge < -0.3 is 4.74 Å². The first-order valence-electron chi connectivity index (χ1n) is 10.9. The molecule has 158 valence electrons. The summed E-state index contributed by atoms with van der Waals surface area (Å²) in [6.07, 6.45) is 5.69. The zero-order chi connectivity index (χ0) is 22.1. The molecular weight excluding hydrogens is 368 g/mol. The molecule has 0 N–H and O–H groups in total. The SMILES string of the molecule is C=C(c1cc2c(cc1C)C(C)(C)CCC2(C)C)c1ccccc1C=CC(=O)OCC. The summed E-state index contributed by atoms with van der Waals surface area (Å²) in [5.74, 6) is -0.327. The van der Waals surface area contributed by atoms with Gasteiger partial charge in [-0.25, -0.2) is 4.79 Å². The Morgan fingerprint density at radius 2 is 1.63 bits per heavy atom. The van der Waals surface area contributed by atoms with Gasteiger partial charge in [0.05, 0.1) is 6.61 Å². The average Bonchev–Trinajstić information content (AvgIpc) is 2.70. The minimum atomic E-state index is -0.327. The molecule has 3 rings (SSSR count). The van der Waals surface area contributed by atoms with E-state index in [1.807, 2.05) is 31.2 Å². The number of hydrogen-bond acceptors (Lipinski definition) is 2. The van der Waals surface area contributed by atoms with Crippen LogP contribution in [0.15, 0.2) is 49.1 Å². The number of ether oxygens (including phenoxy) is 1. The highest BCUT2D eigenvalue weighted by atomic mass is 16.5. The highest BCUT2D eigenvalue weighted by Gasteiger charge is 2.37. The van der Waals surface area contributed by atoms with Crippen molar-refractivity contribution in [2.45, 2.75) is 65.2 Å². The molecule has 0 saturated heterocycles. The molecule has 0 bridgehead atoms. The Kier molecular flexibility index (Phi) is 6.08. The van der Waals surface area contributed by atoms with Crippen LogP contribution >= 0.6 is 0 Å². The number of carbonyl (C=O) groups is 1. The molecule has 0 radical (unpaired) electrons. The van der Waals surface area contributed by atoms with Gasteiger partial charge in [-0.15, -0.1) is 0 Å². The van der Waals surface area contributed by atoms with E-state index in [-0.39, 0.29) is 16.8 Å². The molecule has 0 aliphatic heterocycles. The molecule has 2 nitrogen and oxygen atoms in total. The van der Waals surface area contributed by atoms with Gasteiger partial charge in [-0.2, -0.15) is 0 Å². The van der Waals surface area contributed by atoms with Gasteiger partial charge in [0.15, 0.2) is 0 Å². The zero-order valence-corrected chi connectivity index (χ0v) is 19.3. The van der Waals surface area contributed by atoms with Gasteiger partial charge in [-0.1, -0.05) is 70.7 Å². The van der Waals surface area contributed by atoms with Crippen LogP contribution < -0.4 is 0 Å². The van der Waals surface area contributed by atoms with Crippen LogP contribution in [-0.2, 0) is 20.4 Å². The molecule has 2 heteroatoms. The Labute approximate surface area is 181 Å². The average molecular weight is 403 g/mol. The first kappa shape index (κ1) is 22.1. The molecular formula is C28H34O2. The van der Waals surface area contributed by atoms with E-state index >= 15 is 0 Å². The number of aryl methyl sites for hydroxylation is 1. The van der Waals surface area contributed by atoms with Crippen molar-refractivity contribution in [1.29, 1.82) is 0 Å². The summed E-state index contributed by atoms with van der Waals surface area (Å²) in [5.41, 5.74) is 8.64. The molecule has 0 fully saturated rings. The molecule has 0 amide bonds. The van der Waals surface area contributed by atoms with E-state index in [4.69, 9.17) is 4.74 Å². The minimum Gasteiger partial charge on any atom is -0.463 e. The van der Waals surface area contributed by atoms with Crippen LogP contribution in [0.1, 0.15) is 80.8 Å².